The van der Waals surface area contributed by atoms with Gasteiger partial charge in [0.15, 0.2) is 28.7 Å². The fourth-order valence-electron chi connectivity index (χ4n) is 3.53. The lowest BCUT2D eigenvalue weighted by atomic mass is 10.1. The second-order valence-corrected chi connectivity index (χ2v) is 8.41. The number of aromatic hydroxyl groups is 5. The Bertz CT molecular complexity index is 954. The Labute approximate surface area is 204 Å². The number of ether oxygens (including phenoxy) is 2. The van der Waals surface area contributed by atoms with Gasteiger partial charge in [0.1, 0.15) is 0 Å². The van der Waals surface area contributed by atoms with Gasteiger partial charge in [0.2, 0.25) is 5.75 Å². The van der Waals surface area contributed by atoms with Crippen LogP contribution in [0.25, 0.3) is 0 Å². The van der Waals surface area contributed by atoms with Gasteiger partial charge in [0.25, 0.3) is 0 Å². The molecule has 9 heteroatoms. The summed E-state index contributed by atoms with van der Waals surface area (Å²) in [6.07, 6.45) is 11.5. The predicted molar refractivity (Wildman–Crippen MR) is 128 cm³/mol. The van der Waals surface area contributed by atoms with E-state index in [0.29, 0.717) is 6.42 Å². The summed E-state index contributed by atoms with van der Waals surface area (Å²) < 4.78 is 10.1. The molecule has 0 aliphatic heterocycles. The quantitative estimate of drug-likeness (QED) is 0.0997. The van der Waals surface area contributed by atoms with Gasteiger partial charge in [-0.15, -0.1) is 0 Å². The molecule has 0 unspecified atom stereocenters. The highest BCUT2D eigenvalue weighted by molar-refractivity contribution is 5.94. The molecule has 192 valence electrons. The van der Waals surface area contributed by atoms with Crippen LogP contribution in [-0.4, -0.2) is 44.1 Å². The van der Waals surface area contributed by atoms with Crippen molar-refractivity contribution >= 4 is 11.9 Å². The van der Waals surface area contributed by atoms with E-state index < -0.39 is 46.4 Å². The Morgan fingerprint density at radius 3 is 1.57 bits per heavy atom. The van der Waals surface area contributed by atoms with Gasteiger partial charge >= 0.3 is 11.9 Å². The molecule has 35 heavy (non-hydrogen) atoms. The zero-order chi connectivity index (χ0) is 25.8. The predicted octanol–water partition coefficient (Wildman–Crippen LogP) is 5.51. The summed E-state index contributed by atoms with van der Waals surface area (Å²) in [6, 6.07) is 3.67. The minimum absolute atomic E-state index is 0.119. The molecular formula is C26H34O9. The highest BCUT2D eigenvalue weighted by Gasteiger charge is 2.21. The second-order valence-electron chi connectivity index (χ2n) is 8.41. The lowest BCUT2D eigenvalue weighted by Gasteiger charge is -2.11. The first-order valence-electron chi connectivity index (χ1n) is 11.9. The Morgan fingerprint density at radius 2 is 1.06 bits per heavy atom. The molecule has 2 aromatic carbocycles. The average Bonchev–Trinajstić information content (AvgIpc) is 2.82. The standard InChI is InChI=1S/C26H34O9/c1-2-3-4-5-6-7-8-9-10-11-12-34-25(32)17-15-21(29)24(22(30)16-17)35-26(33)18-13-19(27)23(31)20(28)14-18/h13-16,27-31H,2-12H2,1H3. The zero-order valence-electron chi connectivity index (χ0n) is 20.0. The number of carbonyl (C=O) groups is 2. The largest absolute Gasteiger partial charge is 0.504 e. The summed E-state index contributed by atoms with van der Waals surface area (Å²) in [5.41, 5.74) is -0.469. The van der Waals surface area contributed by atoms with Crippen LogP contribution < -0.4 is 4.74 Å². The van der Waals surface area contributed by atoms with Crippen LogP contribution in [0.5, 0.6) is 34.5 Å². The number of carbonyl (C=O) groups excluding carboxylic acids is 2. The van der Waals surface area contributed by atoms with Gasteiger partial charge < -0.3 is 35.0 Å². The number of esters is 2. The van der Waals surface area contributed by atoms with Crippen LogP contribution in [0.4, 0.5) is 0 Å². The van der Waals surface area contributed by atoms with E-state index in [1.165, 1.54) is 38.5 Å². The van der Waals surface area contributed by atoms with Gasteiger partial charge in [-0.25, -0.2) is 9.59 Å². The lowest BCUT2D eigenvalue weighted by Crippen LogP contribution is -2.10. The molecule has 0 saturated carbocycles. The van der Waals surface area contributed by atoms with Gasteiger partial charge in [-0.1, -0.05) is 64.7 Å². The number of phenolic OH excluding ortho intramolecular Hbond substituents is 5. The fourth-order valence-corrected chi connectivity index (χ4v) is 3.53. The third kappa shape index (κ3) is 8.59. The van der Waals surface area contributed by atoms with Crippen LogP contribution in [0.1, 0.15) is 91.8 Å². The summed E-state index contributed by atoms with van der Waals surface area (Å²) in [6.45, 7) is 2.41. The maximum absolute atomic E-state index is 12.2. The molecule has 0 spiro atoms. The summed E-state index contributed by atoms with van der Waals surface area (Å²) in [5, 5.41) is 48.7. The van der Waals surface area contributed by atoms with Crippen LogP contribution >= 0.6 is 0 Å². The first-order chi connectivity index (χ1) is 16.7. The minimum atomic E-state index is -1.14. The lowest BCUT2D eigenvalue weighted by molar-refractivity contribution is 0.0496. The molecule has 0 fully saturated rings. The third-order valence-electron chi connectivity index (χ3n) is 5.52. The fraction of sp³-hybridized carbons (Fsp3) is 0.462. The van der Waals surface area contributed by atoms with E-state index in [0.717, 1.165) is 43.5 Å². The van der Waals surface area contributed by atoms with Gasteiger partial charge in [-0.05, 0) is 30.7 Å². The topological polar surface area (TPSA) is 154 Å². The van der Waals surface area contributed by atoms with Crippen LogP contribution in [0.3, 0.4) is 0 Å². The molecule has 5 N–H and O–H groups in total. The first kappa shape index (κ1) is 27.6. The van der Waals surface area contributed by atoms with Gasteiger partial charge in [-0.3, -0.25) is 0 Å². The van der Waals surface area contributed by atoms with Crippen molar-refractivity contribution in [2.45, 2.75) is 71.1 Å². The molecule has 0 heterocycles. The SMILES string of the molecule is CCCCCCCCCCCCOC(=O)c1cc(O)c(OC(=O)c2cc(O)c(O)c(O)c2)c(O)c1. The van der Waals surface area contributed by atoms with E-state index in [9.17, 15) is 35.1 Å². The van der Waals surface area contributed by atoms with Crippen molar-refractivity contribution in [3.63, 3.8) is 0 Å². The van der Waals surface area contributed by atoms with Crippen LogP contribution in [0.2, 0.25) is 0 Å². The van der Waals surface area contributed by atoms with Gasteiger partial charge in [-0.2, -0.15) is 0 Å². The molecule has 0 aliphatic rings. The summed E-state index contributed by atoms with van der Waals surface area (Å²) in [4.78, 5) is 24.5. The van der Waals surface area contributed by atoms with Crippen LogP contribution in [0.15, 0.2) is 24.3 Å². The van der Waals surface area contributed by atoms with Crippen molar-refractivity contribution in [2.24, 2.45) is 0 Å². The number of rotatable bonds is 14. The molecule has 0 aliphatic carbocycles. The maximum Gasteiger partial charge on any atom is 0.344 e. The zero-order valence-corrected chi connectivity index (χ0v) is 20.0. The molecule has 0 bridgehead atoms. The highest BCUT2D eigenvalue weighted by Crippen LogP contribution is 2.39. The van der Waals surface area contributed by atoms with Crippen LogP contribution in [-0.2, 0) is 4.74 Å². The van der Waals surface area contributed by atoms with Crippen molar-refractivity contribution in [1.82, 2.24) is 0 Å². The maximum atomic E-state index is 12.2. The summed E-state index contributed by atoms with van der Waals surface area (Å²) in [5.74, 6) is -6.19. The molecule has 0 saturated heterocycles. The highest BCUT2D eigenvalue weighted by atomic mass is 16.5. The van der Waals surface area contributed by atoms with E-state index in [1.54, 1.807) is 0 Å². The number of phenols is 5. The number of hydrogen-bond donors (Lipinski definition) is 5. The third-order valence-corrected chi connectivity index (χ3v) is 5.52. The van der Waals surface area contributed by atoms with Crippen molar-refractivity contribution < 1.29 is 44.6 Å². The molecule has 0 amide bonds. The monoisotopic (exact) mass is 490 g/mol. The average molecular weight is 491 g/mol. The molecule has 0 aromatic heterocycles. The van der Waals surface area contributed by atoms with Gasteiger partial charge in [0, 0.05) is 0 Å². The van der Waals surface area contributed by atoms with Crippen molar-refractivity contribution in [3.05, 3.63) is 35.4 Å². The van der Waals surface area contributed by atoms with Crippen molar-refractivity contribution in [2.75, 3.05) is 6.61 Å². The van der Waals surface area contributed by atoms with E-state index in [4.69, 9.17) is 9.47 Å². The Morgan fingerprint density at radius 1 is 0.629 bits per heavy atom. The van der Waals surface area contributed by atoms with E-state index in [2.05, 4.69) is 6.92 Å². The van der Waals surface area contributed by atoms with Gasteiger partial charge in [0.05, 0.1) is 17.7 Å². The summed E-state index contributed by atoms with van der Waals surface area (Å²) >= 11 is 0. The Kier molecular flexibility index (Phi) is 11.0. The van der Waals surface area contributed by atoms with Crippen molar-refractivity contribution in [1.29, 1.82) is 0 Å². The van der Waals surface area contributed by atoms with E-state index >= 15 is 0 Å². The normalized spacial score (nSPS) is 10.8. The Hall–Kier alpha value is -3.62. The smallest absolute Gasteiger partial charge is 0.344 e. The second kappa shape index (κ2) is 13.9. The molecule has 0 atom stereocenters. The first-order valence-corrected chi connectivity index (χ1v) is 11.9. The minimum Gasteiger partial charge on any atom is -0.504 e. The number of unbranched alkanes of at least 4 members (excludes halogenated alkanes) is 9. The molecular weight excluding hydrogens is 456 g/mol. The summed E-state index contributed by atoms with van der Waals surface area (Å²) in [7, 11) is 0. The molecule has 0 radical (unpaired) electrons. The number of hydrogen-bond acceptors (Lipinski definition) is 9. The van der Waals surface area contributed by atoms with Crippen LogP contribution in [0, 0.1) is 0 Å². The van der Waals surface area contributed by atoms with Crippen molar-refractivity contribution in [3.8, 4) is 34.5 Å². The number of benzene rings is 2. The molecule has 2 aromatic rings. The molecule has 9 nitrogen and oxygen atoms in total. The van der Waals surface area contributed by atoms with E-state index in [-0.39, 0.29) is 17.7 Å². The Balaban J connectivity index is 1.81. The molecule has 2 rings (SSSR count). The van der Waals surface area contributed by atoms with E-state index in [1.807, 2.05) is 0 Å².